The molecule has 1 rings (SSSR count). The van der Waals surface area contributed by atoms with Gasteiger partial charge in [0.15, 0.2) is 0 Å². The van der Waals surface area contributed by atoms with Crippen LogP contribution in [0.2, 0.25) is 0 Å². The third kappa shape index (κ3) is 4.77. The Morgan fingerprint density at radius 3 is 2.65 bits per heavy atom. The molecule has 0 N–H and O–H groups in total. The van der Waals surface area contributed by atoms with Crippen LogP contribution in [0, 0.1) is 11.3 Å². The summed E-state index contributed by atoms with van der Waals surface area (Å²) < 4.78 is 9.98. The van der Waals surface area contributed by atoms with Crippen LogP contribution < -0.4 is 0 Å². The molecule has 1 unspecified atom stereocenters. The largest absolute Gasteiger partial charge is 0.461 e. The van der Waals surface area contributed by atoms with Crippen LogP contribution in [0.1, 0.15) is 6.92 Å². The van der Waals surface area contributed by atoms with E-state index in [2.05, 4.69) is 5.16 Å². The monoisotopic (exact) mass is 284 g/mol. The van der Waals surface area contributed by atoms with Crippen LogP contribution in [0.3, 0.4) is 0 Å². The first-order valence-corrected chi connectivity index (χ1v) is 6.39. The van der Waals surface area contributed by atoms with Crippen molar-refractivity contribution in [3.63, 3.8) is 0 Å². The summed E-state index contributed by atoms with van der Waals surface area (Å²) in [5.41, 5.74) is -0.396. The molecule has 0 radical (unpaired) electrons. The summed E-state index contributed by atoms with van der Waals surface area (Å²) in [5, 5.41) is 12.5. The lowest BCUT2D eigenvalue weighted by Crippen LogP contribution is -2.51. The smallest absolute Gasteiger partial charge is 0.371 e. The number of hydrogen-bond acceptors (Lipinski definition) is 8. The summed E-state index contributed by atoms with van der Waals surface area (Å²) in [7, 11) is 3.65. The molecular weight excluding hydrogens is 264 g/mol. The van der Waals surface area contributed by atoms with E-state index in [9.17, 15) is 4.79 Å². The normalized spacial score (nSPS) is 18.4. The van der Waals surface area contributed by atoms with Crippen molar-refractivity contribution in [2.45, 2.75) is 13.3 Å². The van der Waals surface area contributed by atoms with E-state index in [1.807, 2.05) is 19.0 Å². The second-order valence-corrected chi connectivity index (χ2v) is 4.32. The fraction of sp³-hybridized carbons (Fsp3) is 0.750. The number of oxime groups is 1. The highest BCUT2D eigenvalue weighted by Crippen LogP contribution is 2.08. The van der Waals surface area contributed by atoms with Crippen molar-refractivity contribution in [3.8, 4) is 6.07 Å². The minimum atomic E-state index is -0.783. The molecule has 1 fully saturated rings. The fourth-order valence-corrected chi connectivity index (χ4v) is 1.69. The first-order valence-electron chi connectivity index (χ1n) is 6.39. The van der Waals surface area contributed by atoms with E-state index in [4.69, 9.17) is 19.6 Å². The minimum Gasteiger partial charge on any atom is -0.461 e. The summed E-state index contributed by atoms with van der Waals surface area (Å²) in [6, 6.07) is 1.67. The summed E-state index contributed by atoms with van der Waals surface area (Å²) in [6.07, 6.45) is -0.461. The van der Waals surface area contributed by atoms with Gasteiger partial charge in [0.25, 0.3) is 5.71 Å². The third-order valence-corrected chi connectivity index (χ3v) is 2.61. The molecule has 8 heteroatoms. The first kappa shape index (κ1) is 16.4. The zero-order valence-electron chi connectivity index (χ0n) is 12.0. The number of carbonyl (C=O) groups excluding carboxylic acids is 1. The van der Waals surface area contributed by atoms with Crippen molar-refractivity contribution in [1.29, 1.82) is 5.26 Å². The number of ether oxygens (including phenoxy) is 2. The highest BCUT2D eigenvalue weighted by Gasteiger charge is 2.25. The van der Waals surface area contributed by atoms with Crippen molar-refractivity contribution in [2.24, 2.45) is 5.16 Å². The number of esters is 1. The van der Waals surface area contributed by atoms with E-state index in [1.165, 1.54) is 0 Å². The van der Waals surface area contributed by atoms with Crippen LogP contribution >= 0.6 is 0 Å². The van der Waals surface area contributed by atoms with Crippen LogP contribution in [0.5, 0.6) is 0 Å². The van der Waals surface area contributed by atoms with Crippen LogP contribution in [-0.2, 0) is 19.1 Å². The third-order valence-electron chi connectivity index (χ3n) is 2.61. The molecule has 1 aliphatic rings. The molecule has 8 nitrogen and oxygen atoms in total. The van der Waals surface area contributed by atoms with Crippen LogP contribution in [0.4, 0.5) is 0 Å². The molecule has 0 saturated carbocycles. The number of rotatable bonds is 6. The van der Waals surface area contributed by atoms with E-state index < -0.39 is 18.0 Å². The highest BCUT2D eigenvalue weighted by atomic mass is 16.7. The molecule has 0 aromatic rings. The molecule has 1 atom stereocenters. The van der Waals surface area contributed by atoms with Gasteiger partial charge in [-0.05, 0) is 21.0 Å². The fourth-order valence-electron chi connectivity index (χ4n) is 1.69. The van der Waals surface area contributed by atoms with Gasteiger partial charge in [-0.3, -0.25) is 4.90 Å². The maximum Gasteiger partial charge on any atom is 0.371 e. The summed E-state index contributed by atoms with van der Waals surface area (Å²) in [4.78, 5) is 20.6. The average molecular weight is 284 g/mol. The van der Waals surface area contributed by atoms with E-state index in [0.717, 1.165) is 0 Å². The Labute approximate surface area is 118 Å². The summed E-state index contributed by atoms with van der Waals surface area (Å²) in [5.74, 6) is -0.783. The molecule has 0 bridgehead atoms. The van der Waals surface area contributed by atoms with Gasteiger partial charge in [-0.25, -0.2) is 9.69 Å². The van der Waals surface area contributed by atoms with Gasteiger partial charge >= 0.3 is 5.97 Å². The van der Waals surface area contributed by atoms with Crippen LogP contribution in [0.15, 0.2) is 5.16 Å². The van der Waals surface area contributed by atoms with Gasteiger partial charge in [0.1, 0.15) is 6.07 Å². The van der Waals surface area contributed by atoms with Gasteiger partial charge in [0.2, 0.25) is 6.35 Å². The number of nitrogens with zero attached hydrogens (tertiary/aromatic N) is 4. The molecule has 0 spiro atoms. The maximum atomic E-state index is 11.4. The van der Waals surface area contributed by atoms with E-state index in [-0.39, 0.29) is 6.61 Å². The van der Waals surface area contributed by atoms with Crippen molar-refractivity contribution >= 4 is 11.7 Å². The van der Waals surface area contributed by atoms with E-state index in [1.54, 1.807) is 17.9 Å². The Kier molecular flexibility index (Phi) is 6.93. The van der Waals surface area contributed by atoms with Gasteiger partial charge in [0, 0.05) is 13.1 Å². The SMILES string of the molecule is CCOC(=O)C(C#N)=NOC(N(C)C)N1CCOCC1. The Balaban J connectivity index is 2.69. The van der Waals surface area contributed by atoms with Crippen LogP contribution in [0.25, 0.3) is 0 Å². The Morgan fingerprint density at radius 2 is 2.15 bits per heavy atom. The number of carbonyl (C=O) groups is 1. The van der Waals surface area contributed by atoms with E-state index in [0.29, 0.717) is 26.3 Å². The topological polar surface area (TPSA) is 87.4 Å². The lowest BCUT2D eigenvalue weighted by Gasteiger charge is -2.35. The second kappa shape index (κ2) is 8.47. The molecule has 0 aliphatic carbocycles. The molecule has 1 aliphatic heterocycles. The van der Waals surface area contributed by atoms with E-state index >= 15 is 0 Å². The molecule has 0 amide bonds. The molecule has 0 aromatic heterocycles. The number of morpholine rings is 1. The zero-order chi connectivity index (χ0) is 15.0. The van der Waals surface area contributed by atoms with Gasteiger partial charge in [0.05, 0.1) is 19.8 Å². The Morgan fingerprint density at radius 1 is 1.50 bits per heavy atom. The zero-order valence-corrected chi connectivity index (χ0v) is 12.0. The van der Waals surface area contributed by atoms with Gasteiger partial charge in [-0.1, -0.05) is 5.16 Å². The van der Waals surface area contributed by atoms with Crippen molar-refractivity contribution in [1.82, 2.24) is 9.80 Å². The molecule has 0 aromatic carbocycles. The predicted molar refractivity (Wildman–Crippen MR) is 70.6 cm³/mol. The predicted octanol–water partition coefficient (Wildman–Crippen LogP) is -0.377. The average Bonchev–Trinajstić information content (AvgIpc) is 2.44. The summed E-state index contributed by atoms with van der Waals surface area (Å²) in [6.45, 7) is 4.45. The van der Waals surface area contributed by atoms with Crippen LogP contribution in [-0.4, -0.2) is 74.8 Å². The van der Waals surface area contributed by atoms with Gasteiger partial charge in [-0.2, -0.15) is 5.26 Å². The van der Waals surface area contributed by atoms with Gasteiger partial charge in [-0.15, -0.1) is 0 Å². The molecule has 1 heterocycles. The quantitative estimate of drug-likeness (QED) is 0.284. The first-order chi connectivity index (χ1) is 9.60. The Hall–Kier alpha value is -1.69. The number of nitriles is 1. The molecule has 112 valence electrons. The second-order valence-electron chi connectivity index (χ2n) is 4.32. The molecule has 1 saturated heterocycles. The molecule has 20 heavy (non-hydrogen) atoms. The van der Waals surface area contributed by atoms with Crippen molar-refractivity contribution < 1.29 is 19.1 Å². The number of hydrogen-bond donors (Lipinski definition) is 0. The summed E-state index contributed by atoms with van der Waals surface area (Å²) >= 11 is 0. The standard InChI is InChI=1S/C12H20N4O4/c1-4-19-11(17)10(9-13)14-20-12(15(2)3)16-5-7-18-8-6-16/h12H,4-8H2,1-3H3. The van der Waals surface area contributed by atoms with Gasteiger partial charge < -0.3 is 14.3 Å². The lowest BCUT2D eigenvalue weighted by atomic mass is 10.4. The highest BCUT2D eigenvalue weighted by molar-refractivity contribution is 6.42. The van der Waals surface area contributed by atoms with Crippen molar-refractivity contribution in [2.75, 3.05) is 47.0 Å². The Bertz CT molecular complexity index is 385. The minimum absolute atomic E-state index is 0.181. The lowest BCUT2D eigenvalue weighted by molar-refractivity contribution is -0.159. The van der Waals surface area contributed by atoms with Crippen molar-refractivity contribution in [3.05, 3.63) is 0 Å². The molecular formula is C12H20N4O4. The maximum absolute atomic E-state index is 11.4.